The molecule has 2 aromatic heterocycles. The minimum Gasteiger partial charge on any atom is -0.381 e. The molecule has 0 saturated carbocycles. The number of hydrogen-bond donors (Lipinski definition) is 2. The average molecular weight is 256 g/mol. The van der Waals surface area contributed by atoms with Crippen molar-refractivity contribution >= 4 is 23.0 Å². The minimum atomic E-state index is -0.863. The Kier molecular flexibility index (Phi) is 3.19. The van der Waals surface area contributed by atoms with E-state index in [0.717, 1.165) is 10.7 Å². The number of nitrogen functional groups attached to an aromatic ring is 1. The molecule has 0 aromatic carbocycles. The third-order valence-corrected chi connectivity index (χ3v) is 2.88. The maximum Gasteiger partial charge on any atom is 0.168 e. The molecule has 2 aromatic rings. The van der Waals surface area contributed by atoms with Gasteiger partial charge in [-0.3, -0.25) is 0 Å². The first-order valence-corrected chi connectivity index (χ1v) is 5.70. The van der Waals surface area contributed by atoms with Crippen molar-refractivity contribution in [3.8, 4) is 0 Å². The first kappa shape index (κ1) is 11.7. The van der Waals surface area contributed by atoms with Crippen molar-refractivity contribution in [3.05, 3.63) is 33.8 Å². The SMILES string of the molecule is Cc1nc(CNc2nc(N)c(F)cc2F)cs1. The molecule has 0 unspecified atom stereocenters. The van der Waals surface area contributed by atoms with Crippen LogP contribution >= 0.6 is 11.3 Å². The third kappa shape index (κ3) is 2.68. The molecule has 0 fully saturated rings. The highest BCUT2D eigenvalue weighted by Crippen LogP contribution is 2.17. The van der Waals surface area contributed by atoms with E-state index in [9.17, 15) is 8.78 Å². The van der Waals surface area contributed by atoms with Crippen LogP contribution in [0.3, 0.4) is 0 Å². The zero-order chi connectivity index (χ0) is 12.4. The normalized spacial score (nSPS) is 10.5. The monoisotopic (exact) mass is 256 g/mol. The predicted molar refractivity (Wildman–Crippen MR) is 62.7 cm³/mol. The Bertz CT molecular complexity index is 541. The second-order valence-corrected chi connectivity index (χ2v) is 4.46. The van der Waals surface area contributed by atoms with Crippen molar-refractivity contribution in [3.63, 3.8) is 0 Å². The number of anilines is 2. The summed E-state index contributed by atoms with van der Waals surface area (Å²) in [5.74, 6) is -2.04. The van der Waals surface area contributed by atoms with Gasteiger partial charge in [0.1, 0.15) is 0 Å². The summed E-state index contributed by atoms with van der Waals surface area (Å²) in [5, 5.41) is 5.50. The number of pyridine rings is 1. The second-order valence-electron chi connectivity index (χ2n) is 3.40. The number of nitrogens with one attached hydrogen (secondary N) is 1. The van der Waals surface area contributed by atoms with E-state index in [0.29, 0.717) is 12.6 Å². The lowest BCUT2D eigenvalue weighted by Crippen LogP contribution is -2.07. The van der Waals surface area contributed by atoms with Gasteiger partial charge < -0.3 is 11.1 Å². The van der Waals surface area contributed by atoms with E-state index in [2.05, 4.69) is 15.3 Å². The van der Waals surface area contributed by atoms with Crippen LogP contribution < -0.4 is 11.1 Å². The van der Waals surface area contributed by atoms with Crippen molar-refractivity contribution in [2.24, 2.45) is 0 Å². The van der Waals surface area contributed by atoms with Gasteiger partial charge in [-0.05, 0) is 6.92 Å². The summed E-state index contributed by atoms with van der Waals surface area (Å²) < 4.78 is 26.2. The predicted octanol–water partition coefficient (Wildman–Crippen LogP) is 2.32. The van der Waals surface area contributed by atoms with Crippen molar-refractivity contribution < 1.29 is 8.78 Å². The largest absolute Gasteiger partial charge is 0.381 e. The van der Waals surface area contributed by atoms with Gasteiger partial charge in [-0.1, -0.05) is 0 Å². The number of aryl methyl sites for hydroxylation is 1. The average Bonchev–Trinajstić information content (AvgIpc) is 2.68. The van der Waals surface area contributed by atoms with Crippen LogP contribution in [0.5, 0.6) is 0 Å². The number of aromatic nitrogens is 2. The maximum absolute atomic E-state index is 13.3. The summed E-state index contributed by atoms with van der Waals surface area (Å²) in [5.41, 5.74) is 6.03. The zero-order valence-electron chi connectivity index (χ0n) is 9.00. The third-order valence-electron chi connectivity index (χ3n) is 2.06. The molecule has 2 heterocycles. The fourth-order valence-electron chi connectivity index (χ4n) is 1.27. The molecule has 0 atom stereocenters. The Balaban J connectivity index is 2.11. The van der Waals surface area contributed by atoms with Crippen LogP contribution in [0.4, 0.5) is 20.4 Å². The van der Waals surface area contributed by atoms with Crippen LogP contribution in [0, 0.1) is 18.6 Å². The number of thiazole rings is 1. The first-order chi connectivity index (χ1) is 8.06. The zero-order valence-corrected chi connectivity index (χ0v) is 9.81. The van der Waals surface area contributed by atoms with Crippen LogP contribution in [0.1, 0.15) is 10.7 Å². The minimum absolute atomic E-state index is 0.0745. The maximum atomic E-state index is 13.3. The van der Waals surface area contributed by atoms with Gasteiger partial charge in [0.2, 0.25) is 0 Å². The molecule has 0 aliphatic heterocycles. The van der Waals surface area contributed by atoms with E-state index < -0.39 is 11.6 Å². The number of nitrogens with zero attached hydrogens (tertiary/aromatic N) is 2. The van der Waals surface area contributed by atoms with Gasteiger partial charge in [-0.15, -0.1) is 11.3 Å². The summed E-state index contributed by atoms with van der Waals surface area (Å²) in [4.78, 5) is 7.78. The van der Waals surface area contributed by atoms with Gasteiger partial charge in [0.25, 0.3) is 0 Å². The second kappa shape index (κ2) is 4.62. The molecule has 0 spiro atoms. The summed E-state index contributed by atoms with van der Waals surface area (Å²) in [6, 6.07) is 0.705. The van der Waals surface area contributed by atoms with E-state index in [1.165, 1.54) is 11.3 Å². The molecule has 0 aliphatic rings. The van der Waals surface area contributed by atoms with Crippen molar-refractivity contribution in [1.29, 1.82) is 0 Å². The Morgan fingerprint density at radius 2 is 2.12 bits per heavy atom. The number of nitrogens with two attached hydrogens (primary N) is 1. The van der Waals surface area contributed by atoms with Gasteiger partial charge >= 0.3 is 0 Å². The molecule has 3 N–H and O–H groups in total. The fourth-order valence-corrected chi connectivity index (χ4v) is 1.88. The van der Waals surface area contributed by atoms with Gasteiger partial charge in [0, 0.05) is 11.4 Å². The topological polar surface area (TPSA) is 63.8 Å². The van der Waals surface area contributed by atoms with Gasteiger partial charge in [-0.25, -0.2) is 18.7 Å². The molecule has 0 amide bonds. The van der Waals surface area contributed by atoms with Gasteiger partial charge in [0.05, 0.1) is 17.2 Å². The Hall–Kier alpha value is -1.76. The van der Waals surface area contributed by atoms with Crippen molar-refractivity contribution in [1.82, 2.24) is 9.97 Å². The molecule has 2 rings (SSSR count). The van der Waals surface area contributed by atoms with Crippen LogP contribution in [-0.2, 0) is 6.54 Å². The van der Waals surface area contributed by atoms with Gasteiger partial charge in [0.15, 0.2) is 23.3 Å². The molecular weight excluding hydrogens is 246 g/mol. The van der Waals surface area contributed by atoms with E-state index in [-0.39, 0.29) is 11.6 Å². The summed E-state index contributed by atoms with van der Waals surface area (Å²) in [7, 11) is 0. The molecular formula is C10H10F2N4S. The Labute approximate surface area is 101 Å². The quantitative estimate of drug-likeness (QED) is 0.884. The number of halogens is 2. The molecule has 4 nitrogen and oxygen atoms in total. The van der Waals surface area contributed by atoms with E-state index in [1.807, 2.05) is 12.3 Å². The summed E-state index contributed by atoms with van der Waals surface area (Å²) >= 11 is 1.50. The van der Waals surface area contributed by atoms with Crippen LogP contribution in [0.25, 0.3) is 0 Å². The van der Waals surface area contributed by atoms with Crippen molar-refractivity contribution in [2.45, 2.75) is 13.5 Å². The standard InChI is InChI=1S/C10H10F2N4S/c1-5-15-6(4-17-5)3-14-10-8(12)2-7(11)9(13)16-10/h2,4H,3H2,1H3,(H3,13,14,16). The fraction of sp³-hybridized carbons (Fsp3) is 0.200. The smallest absolute Gasteiger partial charge is 0.168 e. The molecule has 7 heteroatoms. The van der Waals surface area contributed by atoms with Gasteiger partial charge in [-0.2, -0.15) is 0 Å². The molecule has 0 bridgehead atoms. The molecule has 0 saturated heterocycles. The lowest BCUT2D eigenvalue weighted by atomic mass is 10.4. The lowest BCUT2D eigenvalue weighted by molar-refractivity contribution is 0.579. The van der Waals surface area contributed by atoms with E-state index in [1.54, 1.807) is 0 Å². The molecule has 90 valence electrons. The van der Waals surface area contributed by atoms with Crippen LogP contribution in [0.15, 0.2) is 11.4 Å². The number of hydrogen-bond acceptors (Lipinski definition) is 5. The van der Waals surface area contributed by atoms with E-state index >= 15 is 0 Å². The summed E-state index contributed by atoms with van der Waals surface area (Å²) in [6.07, 6.45) is 0. The van der Waals surface area contributed by atoms with Crippen LogP contribution in [0.2, 0.25) is 0 Å². The highest BCUT2D eigenvalue weighted by atomic mass is 32.1. The Morgan fingerprint density at radius 1 is 1.35 bits per heavy atom. The van der Waals surface area contributed by atoms with Crippen molar-refractivity contribution in [2.75, 3.05) is 11.1 Å². The lowest BCUT2D eigenvalue weighted by Gasteiger charge is -2.06. The first-order valence-electron chi connectivity index (χ1n) is 4.82. The van der Waals surface area contributed by atoms with Crippen LogP contribution in [-0.4, -0.2) is 9.97 Å². The Morgan fingerprint density at radius 3 is 2.76 bits per heavy atom. The highest BCUT2D eigenvalue weighted by molar-refractivity contribution is 7.09. The molecule has 0 aliphatic carbocycles. The molecule has 0 radical (unpaired) electrons. The summed E-state index contributed by atoms with van der Waals surface area (Å²) in [6.45, 7) is 2.20. The highest BCUT2D eigenvalue weighted by Gasteiger charge is 2.09. The number of rotatable bonds is 3. The molecule has 17 heavy (non-hydrogen) atoms. The van der Waals surface area contributed by atoms with E-state index in [4.69, 9.17) is 5.73 Å².